The molecule has 8 N–H and O–H groups in total. The van der Waals surface area contributed by atoms with E-state index in [-0.39, 0.29) is 70.0 Å². The molecule has 4 atom stereocenters. The largest absolute Gasteiger partial charge is 0.480 e. The van der Waals surface area contributed by atoms with Crippen LogP contribution < -0.4 is 59.7 Å². The highest BCUT2D eigenvalue weighted by Gasteiger charge is 2.30. The molecule has 0 aliphatic rings. The first-order chi connectivity index (χ1) is 66.4. The van der Waals surface area contributed by atoms with E-state index < -0.39 is 123 Å². The standard InChI is InChI=1S/C23H24N2O4.C21H20N2O4.C19H17N3O4.C15H17N3O4.C14H15N3O4.C9H6N2O3/c1-15(2)12-19(23(28)29)24-22(27)18-14-25(13-16-8-4-3-5-9-16)20-11-7-6-10-17(20)21(18)26;1-14(21(26)27-2)22-20(25)17-13-23(12-15-8-4-3-5-9-15)18-11-7-6-10-16(18)19(17)24;1-26-19(25)15(11-13-7-3-2-4-8-13)21-17(23)14-12-20-16-9-5-6-10-22(16)18(14)24;1-15(2,3)22-12(19)9-17-13(20)10-8-16-11-6-4-5-7-18(11)14(10)21;1-8(2)11(14(20)21)16-12(18)9-7-15-10-5-3-4-6-17(10)13(9)19;12-8-6(9(13)14)5-10-7-3-1-2-4-11(7)8/h3-11,14-15,19H,12-13H2,1-2H3,(H,24,27)(H,28,29);3-11,13-14H,12H2,1-2H3,(H,22,25);2-10,12,15H,11H2,1H3,(H,21,23);4-8H,9H2,1-3H3,(H,17,20);3-8,11H,1-2H3,(H,16,18)(H,20,21);1-5H,(H,13,14). The number of para-hydroxylation sites is 2. The normalized spacial score (nSPS) is 11.7. The number of benzene rings is 5. The number of carbonyl (C=O) groups excluding carboxylic acids is 8. The first-order valence-electron chi connectivity index (χ1n) is 43.2. The summed E-state index contributed by atoms with van der Waals surface area (Å²) in [5, 5.41) is 40.3. The maximum absolute atomic E-state index is 12.9. The molecule has 15 rings (SSSR count). The fraction of sp³-hybridized carbons (Fsp3) is 0.218. The molecule has 0 fully saturated rings. The van der Waals surface area contributed by atoms with E-state index in [2.05, 4.69) is 51.3 Å². The number of nitrogens with one attached hydrogen (secondary N) is 5. The van der Waals surface area contributed by atoms with Crippen molar-refractivity contribution in [1.29, 1.82) is 0 Å². The van der Waals surface area contributed by atoms with Crippen LogP contribution in [-0.2, 0) is 57.7 Å². The minimum Gasteiger partial charge on any atom is -0.480 e. The van der Waals surface area contributed by atoms with Crippen molar-refractivity contribution in [3.8, 4) is 0 Å². The highest BCUT2D eigenvalue weighted by Crippen LogP contribution is 2.19. The number of amides is 5. The number of hydrogen-bond acceptors (Lipinski definition) is 24. The second-order valence-electron chi connectivity index (χ2n) is 32.7. The van der Waals surface area contributed by atoms with Crippen LogP contribution in [0.5, 0.6) is 0 Å². The van der Waals surface area contributed by atoms with Crippen molar-refractivity contribution < 1.29 is 82.3 Å². The predicted molar refractivity (Wildman–Crippen MR) is 513 cm³/mol. The molecular weight excluding hydrogens is 1790 g/mol. The van der Waals surface area contributed by atoms with Gasteiger partial charge in [-0.25, -0.2) is 43.9 Å². The minimum absolute atomic E-state index is 0.0135. The third-order valence-electron chi connectivity index (χ3n) is 20.6. The Morgan fingerprint density at radius 3 is 1.10 bits per heavy atom. The number of hydrogen-bond donors (Lipinski definition) is 8. The molecule has 0 saturated carbocycles. The molecule has 38 heteroatoms. The second kappa shape index (κ2) is 48.2. The number of fused-ring (bicyclic) bond motifs is 6. The van der Waals surface area contributed by atoms with Crippen molar-refractivity contribution in [2.45, 2.75) is 111 Å². The van der Waals surface area contributed by atoms with Crippen molar-refractivity contribution in [2.75, 3.05) is 20.8 Å². The number of ether oxygens (including phenoxy) is 3. The van der Waals surface area contributed by atoms with Crippen LogP contribution in [0.2, 0.25) is 0 Å². The van der Waals surface area contributed by atoms with Crippen LogP contribution in [0.4, 0.5) is 0 Å². The molecule has 0 aliphatic heterocycles. The Morgan fingerprint density at radius 2 is 0.727 bits per heavy atom. The molecule has 4 unspecified atom stereocenters. The number of aliphatic carboxylic acids is 2. The van der Waals surface area contributed by atoms with Gasteiger partial charge in [0.05, 0.1) is 25.3 Å². The topological polar surface area (TPSA) is 518 Å². The number of pyridine rings is 6. The Labute approximate surface area is 791 Å². The molecule has 38 nitrogen and oxygen atoms in total. The Balaban J connectivity index is 0.000000174. The molecule has 15 aromatic rings. The highest BCUT2D eigenvalue weighted by molar-refractivity contribution is 6.01. The number of carboxylic acid groups (broad SMARTS) is 3. The van der Waals surface area contributed by atoms with Gasteiger partial charge in [0.25, 0.3) is 51.8 Å². The summed E-state index contributed by atoms with van der Waals surface area (Å²) in [5.41, 5.74) is 1.73. The van der Waals surface area contributed by atoms with E-state index in [1.54, 1.807) is 132 Å². The smallest absolute Gasteiger partial charge is 0.342 e. The molecule has 0 spiro atoms. The van der Waals surface area contributed by atoms with Crippen LogP contribution in [-0.4, -0.2) is 178 Å². The molecule has 5 aromatic carbocycles. The van der Waals surface area contributed by atoms with Gasteiger partial charge in [-0.3, -0.25) is 75.1 Å². The highest BCUT2D eigenvalue weighted by atomic mass is 16.6. The molecule has 0 saturated heterocycles. The van der Waals surface area contributed by atoms with Gasteiger partial charge in [0, 0.05) is 92.3 Å². The van der Waals surface area contributed by atoms with Crippen molar-refractivity contribution in [3.63, 3.8) is 0 Å². The summed E-state index contributed by atoms with van der Waals surface area (Å²) >= 11 is 0. The van der Waals surface area contributed by atoms with Crippen molar-refractivity contribution in [2.24, 2.45) is 11.8 Å². The molecule has 716 valence electrons. The van der Waals surface area contributed by atoms with E-state index in [4.69, 9.17) is 19.7 Å². The van der Waals surface area contributed by atoms with E-state index >= 15 is 0 Å². The van der Waals surface area contributed by atoms with Gasteiger partial charge in [0.1, 0.15) is 92.3 Å². The Kier molecular flexibility index (Phi) is 35.8. The average Bonchev–Trinajstić information content (AvgIpc) is 0.777. The number of carboxylic acids is 3. The van der Waals surface area contributed by atoms with E-state index in [0.717, 1.165) is 40.1 Å². The number of aromatic nitrogens is 10. The Bertz CT molecular complexity index is 7460. The monoisotopic (exact) mass is 1890 g/mol. The molecule has 139 heavy (non-hydrogen) atoms. The first kappa shape index (κ1) is 103. The quantitative estimate of drug-likeness (QED) is 0.0196. The average molecular weight is 1890 g/mol. The predicted octanol–water partition coefficient (Wildman–Crippen LogP) is 8.52. The lowest BCUT2D eigenvalue weighted by molar-refractivity contribution is -0.153. The number of rotatable bonds is 25. The van der Waals surface area contributed by atoms with Gasteiger partial charge in [0.2, 0.25) is 10.9 Å². The molecule has 5 amide bonds. The fourth-order valence-corrected chi connectivity index (χ4v) is 13.8. The van der Waals surface area contributed by atoms with Gasteiger partial charge < -0.3 is 65.2 Å². The first-order valence-corrected chi connectivity index (χ1v) is 43.2. The second-order valence-corrected chi connectivity index (χ2v) is 32.7. The molecule has 10 heterocycles. The summed E-state index contributed by atoms with van der Waals surface area (Å²) in [4.78, 5) is 221. The molecule has 0 bridgehead atoms. The number of carbonyl (C=O) groups is 11. The summed E-state index contributed by atoms with van der Waals surface area (Å²) in [6.45, 7) is 14.5. The minimum atomic E-state index is -1.26. The Morgan fingerprint density at radius 1 is 0.381 bits per heavy atom. The number of methoxy groups -OCH3 is 2. The molecule has 10 aromatic heterocycles. The van der Waals surface area contributed by atoms with E-state index in [1.165, 1.54) is 88.3 Å². The molecule has 0 radical (unpaired) electrons. The maximum atomic E-state index is 12.9. The number of aromatic carboxylic acids is 1. The van der Waals surface area contributed by atoms with E-state index in [1.807, 2.05) is 138 Å². The summed E-state index contributed by atoms with van der Waals surface area (Å²) in [7, 11) is 2.49. The molecular formula is C101H99N15O23. The fourth-order valence-electron chi connectivity index (χ4n) is 13.8. The van der Waals surface area contributed by atoms with Gasteiger partial charge in [-0.05, 0) is 135 Å². The van der Waals surface area contributed by atoms with E-state index in [9.17, 15) is 86.6 Å². The number of esters is 3. The lowest BCUT2D eigenvalue weighted by Crippen LogP contribution is -2.45. The van der Waals surface area contributed by atoms with Crippen molar-refractivity contribution in [1.82, 2.24) is 73.3 Å². The van der Waals surface area contributed by atoms with Gasteiger partial charge in [-0.15, -0.1) is 0 Å². The van der Waals surface area contributed by atoms with Crippen LogP contribution in [0.1, 0.15) is 141 Å². The van der Waals surface area contributed by atoms with Gasteiger partial charge in [-0.1, -0.05) is 167 Å². The van der Waals surface area contributed by atoms with Crippen LogP contribution in [0.15, 0.2) is 303 Å². The number of nitrogens with zero attached hydrogens (tertiary/aromatic N) is 10. The van der Waals surface area contributed by atoms with E-state index in [0.29, 0.717) is 46.5 Å². The summed E-state index contributed by atoms with van der Waals surface area (Å²) in [6, 6.07) is 59.2. The van der Waals surface area contributed by atoms with Gasteiger partial charge in [-0.2, -0.15) is 0 Å². The summed E-state index contributed by atoms with van der Waals surface area (Å²) < 4.78 is 23.1. The van der Waals surface area contributed by atoms with Crippen molar-refractivity contribution in [3.05, 3.63) is 386 Å². The lowest BCUT2D eigenvalue weighted by atomic mass is 10.0. The summed E-state index contributed by atoms with van der Waals surface area (Å²) in [5.74, 6) is -8.84. The zero-order chi connectivity index (χ0) is 101. The van der Waals surface area contributed by atoms with Crippen LogP contribution in [0.25, 0.3) is 44.4 Å². The lowest BCUT2D eigenvalue weighted by Gasteiger charge is -2.19. The van der Waals surface area contributed by atoms with Crippen LogP contribution >= 0.6 is 0 Å². The summed E-state index contributed by atoms with van der Waals surface area (Å²) in [6.07, 6.45) is 14.3. The third kappa shape index (κ3) is 27.7. The van der Waals surface area contributed by atoms with Gasteiger partial charge in [0.15, 0.2) is 0 Å². The molecule has 0 aliphatic carbocycles. The van der Waals surface area contributed by atoms with Gasteiger partial charge >= 0.3 is 35.8 Å². The van der Waals surface area contributed by atoms with Crippen molar-refractivity contribution >= 4 is 110 Å². The zero-order valence-corrected chi connectivity index (χ0v) is 77.0. The Hall–Kier alpha value is -17.9. The third-order valence-corrected chi connectivity index (χ3v) is 20.6. The van der Waals surface area contributed by atoms with Crippen LogP contribution in [0, 0.1) is 11.8 Å². The SMILES string of the molecule is CC(C)(C)OC(=O)CNC(=O)c1cnc2ccccn2c1=O.CC(C)C(NC(=O)c1cnc2ccccn2c1=O)C(=O)O.CC(C)CC(NC(=O)c1cn(Cc2ccccc2)c2ccccc2c1=O)C(=O)O.COC(=O)C(C)NC(=O)c1cn(Cc2ccccc2)c2ccccc2c1=O.COC(=O)C(Cc1ccccc1)NC(=O)c1cnc2ccccn2c1=O.O=C(O)c1cnc2ccccn2c1=O. The van der Waals surface area contributed by atoms with Crippen LogP contribution in [0.3, 0.4) is 0 Å². The zero-order valence-electron chi connectivity index (χ0n) is 77.0. The maximum Gasteiger partial charge on any atom is 0.342 e.